The van der Waals surface area contributed by atoms with Crippen molar-refractivity contribution in [1.82, 2.24) is 4.90 Å². The normalized spacial score (nSPS) is 16.4. The number of benzene rings is 3. The average Bonchev–Trinajstić information content (AvgIpc) is 3.18. The summed E-state index contributed by atoms with van der Waals surface area (Å²) in [4.78, 5) is 28.4. The molecule has 1 aliphatic heterocycles. The number of ether oxygens (including phenoxy) is 3. The zero-order valence-corrected chi connectivity index (χ0v) is 23.1. The first-order valence-corrected chi connectivity index (χ1v) is 13.4. The maximum atomic E-state index is 13.5. The van der Waals surface area contributed by atoms with Gasteiger partial charge in [0.1, 0.15) is 28.8 Å². The Bertz CT molecular complexity index is 1400. The number of amides is 1. The molecule has 7 nitrogen and oxygen atoms in total. The van der Waals surface area contributed by atoms with Crippen LogP contribution in [-0.2, 0) is 16.0 Å². The number of Topliss-reactive ketones (excluding diaryl/α,β-unsaturated/α-hetero) is 1. The van der Waals surface area contributed by atoms with Crippen LogP contribution in [-0.4, -0.2) is 47.6 Å². The van der Waals surface area contributed by atoms with Crippen molar-refractivity contribution in [3.8, 4) is 17.2 Å². The van der Waals surface area contributed by atoms with Gasteiger partial charge in [-0.25, -0.2) is 4.39 Å². The lowest BCUT2D eigenvalue weighted by atomic mass is 9.94. The smallest absolute Gasteiger partial charge is 0.295 e. The molecular weight excluding hydrogens is 513 g/mol. The average molecular weight is 548 g/mol. The van der Waals surface area contributed by atoms with E-state index in [1.165, 1.54) is 17.0 Å². The minimum absolute atomic E-state index is 0.0454. The van der Waals surface area contributed by atoms with E-state index in [2.05, 4.69) is 0 Å². The standard InChI is InChI=1S/C32H34FNO6/c1-5-38-24-14-15-26(27(19-24)39-6-2)30(35)28-29(22-8-7-9-25(18-22)40-20(3)4)34(32(37)31(28)36)17-16-21-10-12-23(33)13-11-21/h7-15,18-20,29,35H,5-6,16-17H2,1-4H3/b30-28+. The lowest BCUT2D eigenvalue weighted by Gasteiger charge is -2.26. The first-order chi connectivity index (χ1) is 19.2. The Morgan fingerprint density at radius 1 is 0.950 bits per heavy atom. The van der Waals surface area contributed by atoms with E-state index in [0.717, 1.165) is 5.56 Å². The van der Waals surface area contributed by atoms with E-state index in [1.807, 2.05) is 27.7 Å². The van der Waals surface area contributed by atoms with Gasteiger partial charge < -0.3 is 24.2 Å². The fourth-order valence-electron chi connectivity index (χ4n) is 4.76. The summed E-state index contributed by atoms with van der Waals surface area (Å²) in [5.41, 5.74) is 1.66. The topological polar surface area (TPSA) is 85.3 Å². The molecule has 0 saturated carbocycles. The number of carbonyl (C=O) groups excluding carboxylic acids is 2. The number of halogens is 1. The first kappa shape index (κ1) is 28.7. The van der Waals surface area contributed by atoms with Crippen LogP contribution in [0.1, 0.15) is 50.4 Å². The first-order valence-electron chi connectivity index (χ1n) is 13.4. The van der Waals surface area contributed by atoms with Crippen LogP contribution in [0.25, 0.3) is 5.76 Å². The highest BCUT2D eigenvalue weighted by Gasteiger charge is 2.46. The second-order valence-corrected chi connectivity index (χ2v) is 9.63. The number of rotatable bonds is 11. The maximum absolute atomic E-state index is 13.5. The van der Waals surface area contributed by atoms with E-state index in [9.17, 15) is 19.1 Å². The molecule has 0 radical (unpaired) electrons. The van der Waals surface area contributed by atoms with Gasteiger partial charge in [-0.3, -0.25) is 9.59 Å². The van der Waals surface area contributed by atoms with Crippen LogP contribution in [0.4, 0.5) is 4.39 Å². The number of aliphatic hydroxyl groups excluding tert-OH is 1. The summed E-state index contributed by atoms with van der Waals surface area (Å²) in [5, 5.41) is 11.6. The number of hydrogen-bond donors (Lipinski definition) is 1. The van der Waals surface area contributed by atoms with Crippen molar-refractivity contribution < 1.29 is 33.3 Å². The van der Waals surface area contributed by atoms with Gasteiger partial charge in [0.25, 0.3) is 11.7 Å². The van der Waals surface area contributed by atoms with Gasteiger partial charge in [0.15, 0.2) is 0 Å². The molecule has 0 bridgehead atoms. The Labute approximate surface area is 233 Å². The highest BCUT2D eigenvalue weighted by atomic mass is 19.1. The van der Waals surface area contributed by atoms with Crippen LogP contribution in [0.5, 0.6) is 17.2 Å². The Morgan fingerprint density at radius 3 is 2.35 bits per heavy atom. The van der Waals surface area contributed by atoms with Gasteiger partial charge in [-0.15, -0.1) is 0 Å². The predicted octanol–water partition coefficient (Wildman–Crippen LogP) is 6.07. The Hall–Kier alpha value is -4.33. The largest absolute Gasteiger partial charge is 0.507 e. The van der Waals surface area contributed by atoms with Crippen molar-refractivity contribution in [3.05, 3.63) is 94.8 Å². The minimum Gasteiger partial charge on any atom is -0.507 e. The van der Waals surface area contributed by atoms with Crippen molar-refractivity contribution in [3.63, 3.8) is 0 Å². The monoisotopic (exact) mass is 547 g/mol. The summed E-state index contributed by atoms with van der Waals surface area (Å²) < 4.78 is 30.7. The Balaban J connectivity index is 1.83. The molecule has 40 heavy (non-hydrogen) atoms. The van der Waals surface area contributed by atoms with Crippen LogP contribution >= 0.6 is 0 Å². The highest BCUT2D eigenvalue weighted by Crippen LogP contribution is 2.42. The van der Waals surface area contributed by atoms with Gasteiger partial charge >= 0.3 is 0 Å². The minimum atomic E-state index is -0.878. The molecule has 1 saturated heterocycles. The molecule has 1 amide bonds. The third-order valence-corrected chi connectivity index (χ3v) is 6.46. The summed E-state index contributed by atoms with van der Waals surface area (Å²) >= 11 is 0. The van der Waals surface area contributed by atoms with Crippen LogP contribution in [0.15, 0.2) is 72.3 Å². The molecule has 1 aliphatic rings. The molecule has 0 aliphatic carbocycles. The number of ketones is 1. The molecule has 1 atom stereocenters. The zero-order chi connectivity index (χ0) is 28.8. The van der Waals surface area contributed by atoms with Gasteiger partial charge in [-0.1, -0.05) is 24.3 Å². The van der Waals surface area contributed by atoms with E-state index >= 15 is 0 Å². The molecule has 3 aromatic rings. The van der Waals surface area contributed by atoms with Crippen LogP contribution in [0.2, 0.25) is 0 Å². The highest BCUT2D eigenvalue weighted by molar-refractivity contribution is 6.46. The van der Waals surface area contributed by atoms with Gasteiger partial charge in [0, 0.05) is 12.6 Å². The summed E-state index contributed by atoms with van der Waals surface area (Å²) in [7, 11) is 0. The molecule has 1 heterocycles. The molecule has 3 aromatic carbocycles. The van der Waals surface area contributed by atoms with E-state index in [4.69, 9.17) is 14.2 Å². The Morgan fingerprint density at radius 2 is 1.68 bits per heavy atom. The molecule has 0 spiro atoms. The maximum Gasteiger partial charge on any atom is 0.295 e. The molecule has 0 aromatic heterocycles. The second-order valence-electron chi connectivity index (χ2n) is 9.63. The van der Waals surface area contributed by atoms with Gasteiger partial charge in [-0.05, 0) is 81.6 Å². The fourth-order valence-corrected chi connectivity index (χ4v) is 4.76. The number of nitrogens with zero attached hydrogens (tertiary/aromatic N) is 1. The summed E-state index contributed by atoms with van der Waals surface area (Å²) in [6, 6.07) is 17.2. The van der Waals surface area contributed by atoms with E-state index in [1.54, 1.807) is 54.6 Å². The summed E-state index contributed by atoms with van der Waals surface area (Å²) in [6.07, 6.45) is 0.303. The zero-order valence-electron chi connectivity index (χ0n) is 23.1. The van der Waals surface area contributed by atoms with Crippen molar-refractivity contribution in [2.75, 3.05) is 19.8 Å². The predicted molar refractivity (Wildman–Crippen MR) is 150 cm³/mol. The van der Waals surface area contributed by atoms with Crippen LogP contribution in [0.3, 0.4) is 0 Å². The van der Waals surface area contributed by atoms with E-state index < -0.39 is 17.7 Å². The third-order valence-electron chi connectivity index (χ3n) is 6.46. The lowest BCUT2D eigenvalue weighted by molar-refractivity contribution is -0.139. The second kappa shape index (κ2) is 12.7. The van der Waals surface area contributed by atoms with Gasteiger partial charge in [0.2, 0.25) is 0 Å². The molecule has 4 rings (SSSR count). The molecule has 210 valence electrons. The SMILES string of the molecule is CCOc1ccc(/C(O)=C2\C(=O)C(=O)N(CCc3ccc(F)cc3)C2c2cccc(OC(C)C)c2)c(OCC)c1. The number of carbonyl (C=O) groups is 2. The molecule has 1 fully saturated rings. The summed E-state index contributed by atoms with van der Waals surface area (Å²) in [6.45, 7) is 8.43. The van der Waals surface area contributed by atoms with Crippen LogP contribution in [0, 0.1) is 5.82 Å². The van der Waals surface area contributed by atoms with Gasteiger partial charge in [0.05, 0.1) is 36.5 Å². The fraction of sp³-hybridized carbons (Fsp3) is 0.312. The molecule has 8 heteroatoms. The molecule has 1 unspecified atom stereocenters. The van der Waals surface area contributed by atoms with Crippen molar-refractivity contribution in [2.24, 2.45) is 0 Å². The third kappa shape index (κ3) is 6.28. The Kier molecular flexibility index (Phi) is 9.09. The van der Waals surface area contributed by atoms with Crippen molar-refractivity contribution in [2.45, 2.75) is 46.3 Å². The summed E-state index contributed by atoms with van der Waals surface area (Å²) in [5.74, 6) is -0.758. The molecular formula is C32H34FNO6. The van der Waals surface area contributed by atoms with Gasteiger partial charge in [-0.2, -0.15) is 0 Å². The van der Waals surface area contributed by atoms with Crippen molar-refractivity contribution >= 4 is 17.4 Å². The number of likely N-dealkylation sites (tertiary alicyclic amines) is 1. The van der Waals surface area contributed by atoms with Crippen LogP contribution < -0.4 is 14.2 Å². The van der Waals surface area contributed by atoms with E-state index in [0.29, 0.717) is 42.4 Å². The number of hydrogen-bond acceptors (Lipinski definition) is 6. The van der Waals surface area contributed by atoms with Crippen molar-refractivity contribution in [1.29, 1.82) is 0 Å². The molecule has 1 N–H and O–H groups in total. The lowest BCUT2D eigenvalue weighted by Crippen LogP contribution is -2.31. The van der Waals surface area contributed by atoms with E-state index in [-0.39, 0.29) is 35.4 Å². The quantitative estimate of drug-likeness (QED) is 0.178. The number of aliphatic hydroxyl groups is 1.